The molecule has 190 valence electrons. The van der Waals surface area contributed by atoms with Crippen molar-refractivity contribution in [3.8, 4) is 0 Å². The maximum absolute atomic E-state index is 13.4. The molecule has 2 aromatic carbocycles. The number of anilines is 2. The van der Waals surface area contributed by atoms with Gasteiger partial charge in [-0.3, -0.25) is 9.59 Å². The highest BCUT2D eigenvalue weighted by Gasteiger charge is 2.24. The molecule has 0 fully saturated rings. The lowest BCUT2D eigenvalue weighted by Crippen LogP contribution is -2.24. The number of benzene rings is 2. The lowest BCUT2D eigenvalue weighted by Gasteiger charge is -2.10. The minimum atomic E-state index is -0.968. The van der Waals surface area contributed by atoms with Crippen molar-refractivity contribution in [2.45, 2.75) is 6.54 Å². The number of rotatable bonds is 8. The Bertz CT molecular complexity index is 1560. The Morgan fingerprint density at radius 3 is 2.79 bits per heavy atom. The van der Waals surface area contributed by atoms with Crippen molar-refractivity contribution < 1.29 is 18.4 Å². The van der Waals surface area contributed by atoms with Crippen LogP contribution in [0.2, 0.25) is 0 Å². The van der Waals surface area contributed by atoms with E-state index in [0.717, 1.165) is 34.6 Å². The Morgan fingerprint density at radius 2 is 1.97 bits per heavy atom. The lowest BCUT2D eigenvalue weighted by atomic mass is 10.0. The number of H-pyrrole nitrogens is 1. The number of carbonyl (C=O) groups excluding carboxylic acids is 2. The van der Waals surface area contributed by atoms with E-state index in [0.29, 0.717) is 29.1 Å². The molecular weight excluding hydrogens is 490 g/mol. The second kappa shape index (κ2) is 10.9. The molecule has 4 aromatic rings. The van der Waals surface area contributed by atoms with Crippen LogP contribution in [-0.4, -0.2) is 33.3 Å². The molecule has 0 spiro atoms. The van der Waals surface area contributed by atoms with Crippen molar-refractivity contribution in [2.75, 3.05) is 17.2 Å². The second-order valence-corrected chi connectivity index (χ2v) is 8.44. The number of aromatic nitrogens is 3. The number of carbonyl (C=O) groups is 2. The SMILES string of the molecule is O=C1Nc2cc(C=CCNc3ncccc3C(=O)NCc3ccc(F)c(F)c3)ccc2C1=Cc1cnc[nH]1. The summed E-state index contributed by atoms with van der Waals surface area (Å²) in [6.07, 6.45) is 10.3. The highest BCUT2D eigenvalue weighted by molar-refractivity contribution is 6.34. The van der Waals surface area contributed by atoms with Crippen LogP contribution < -0.4 is 16.0 Å². The van der Waals surface area contributed by atoms with Gasteiger partial charge in [-0.1, -0.05) is 30.4 Å². The number of hydrogen-bond acceptors (Lipinski definition) is 5. The molecule has 0 bridgehead atoms. The molecule has 5 rings (SSSR count). The van der Waals surface area contributed by atoms with Crippen LogP contribution in [-0.2, 0) is 11.3 Å². The van der Waals surface area contributed by atoms with Gasteiger partial charge >= 0.3 is 0 Å². The van der Waals surface area contributed by atoms with Gasteiger partial charge in [0.25, 0.3) is 11.8 Å². The van der Waals surface area contributed by atoms with Crippen LogP contribution in [0, 0.1) is 11.6 Å². The van der Waals surface area contributed by atoms with Gasteiger partial charge in [0.15, 0.2) is 11.6 Å². The lowest BCUT2D eigenvalue weighted by molar-refractivity contribution is -0.110. The Kier molecular flexibility index (Phi) is 7.03. The minimum absolute atomic E-state index is 0.0396. The number of amides is 2. The van der Waals surface area contributed by atoms with Gasteiger partial charge in [0.1, 0.15) is 5.82 Å². The first kappa shape index (κ1) is 24.6. The Morgan fingerprint density at radius 1 is 1.08 bits per heavy atom. The molecule has 8 nitrogen and oxygen atoms in total. The third-order valence-corrected chi connectivity index (χ3v) is 5.83. The highest BCUT2D eigenvalue weighted by Crippen LogP contribution is 2.33. The molecule has 4 N–H and O–H groups in total. The Labute approximate surface area is 216 Å². The van der Waals surface area contributed by atoms with Crippen LogP contribution >= 0.6 is 0 Å². The molecular formula is C28H22F2N6O2. The molecule has 2 amide bonds. The van der Waals surface area contributed by atoms with E-state index in [1.54, 1.807) is 36.9 Å². The molecule has 3 heterocycles. The average Bonchev–Trinajstić information content (AvgIpc) is 3.55. The summed E-state index contributed by atoms with van der Waals surface area (Å²) >= 11 is 0. The fraction of sp³-hybridized carbons (Fsp3) is 0.0714. The summed E-state index contributed by atoms with van der Waals surface area (Å²) in [5, 5.41) is 8.69. The summed E-state index contributed by atoms with van der Waals surface area (Å²) in [6, 6.07) is 12.4. The zero-order valence-electron chi connectivity index (χ0n) is 20.0. The first-order valence-corrected chi connectivity index (χ1v) is 11.7. The maximum atomic E-state index is 13.4. The maximum Gasteiger partial charge on any atom is 0.256 e. The van der Waals surface area contributed by atoms with E-state index in [4.69, 9.17) is 0 Å². The molecule has 10 heteroatoms. The molecule has 0 saturated carbocycles. The fourth-order valence-corrected chi connectivity index (χ4v) is 3.97. The summed E-state index contributed by atoms with van der Waals surface area (Å²) in [5.74, 6) is -2.10. The molecule has 0 radical (unpaired) electrons. The normalized spacial score (nSPS) is 13.5. The first-order chi connectivity index (χ1) is 18.5. The predicted octanol–water partition coefficient (Wildman–Crippen LogP) is 4.63. The number of hydrogen-bond donors (Lipinski definition) is 4. The van der Waals surface area contributed by atoms with Crippen LogP contribution in [0.3, 0.4) is 0 Å². The molecule has 1 aliphatic heterocycles. The van der Waals surface area contributed by atoms with Gasteiger partial charge in [0.2, 0.25) is 0 Å². The van der Waals surface area contributed by atoms with Crippen molar-refractivity contribution in [1.29, 1.82) is 0 Å². The average molecular weight is 513 g/mol. The molecule has 2 aromatic heterocycles. The zero-order valence-corrected chi connectivity index (χ0v) is 20.0. The molecule has 0 atom stereocenters. The monoisotopic (exact) mass is 512 g/mol. The van der Waals surface area contributed by atoms with E-state index < -0.39 is 17.5 Å². The second-order valence-electron chi connectivity index (χ2n) is 8.44. The van der Waals surface area contributed by atoms with Crippen LogP contribution in [0.4, 0.5) is 20.3 Å². The van der Waals surface area contributed by atoms with Crippen LogP contribution in [0.1, 0.15) is 32.7 Å². The highest BCUT2D eigenvalue weighted by atomic mass is 19.2. The number of nitrogens with zero attached hydrogens (tertiary/aromatic N) is 2. The zero-order chi connectivity index (χ0) is 26.5. The number of fused-ring (bicyclic) bond motifs is 1. The number of nitrogens with one attached hydrogen (secondary N) is 4. The summed E-state index contributed by atoms with van der Waals surface area (Å²) in [5.41, 5.74) is 4.48. The van der Waals surface area contributed by atoms with E-state index in [9.17, 15) is 18.4 Å². The third-order valence-electron chi connectivity index (χ3n) is 5.83. The number of halogens is 2. The van der Waals surface area contributed by atoms with E-state index in [2.05, 4.69) is 30.9 Å². The van der Waals surface area contributed by atoms with Gasteiger partial charge < -0.3 is 20.9 Å². The summed E-state index contributed by atoms with van der Waals surface area (Å²) < 4.78 is 26.5. The number of aromatic amines is 1. The molecule has 0 saturated heterocycles. The van der Waals surface area contributed by atoms with Crippen molar-refractivity contribution in [3.63, 3.8) is 0 Å². The summed E-state index contributed by atoms with van der Waals surface area (Å²) in [4.78, 5) is 36.3. The molecule has 0 unspecified atom stereocenters. The minimum Gasteiger partial charge on any atom is -0.366 e. The van der Waals surface area contributed by atoms with Crippen LogP contribution in [0.15, 0.2) is 73.3 Å². The van der Waals surface area contributed by atoms with E-state index in [-0.39, 0.29) is 12.5 Å². The summed E-state index contributed by atoms with van der Waals surface area (Å²) in [7, 11) is 0. The Hall–Kier alpha value is -5.12. The smallest absolute Gasteiger partial charge is 0.256 e. The van der Waals surface area contributed by atoms with Gasteiger partial charge in [0, 0.05) is 30.5 Å². The Balaban J connectivity index is 1.20. The van der Waals surface area contributed by atoms with E-state index in [1.165, 1.54) is 6.07 Å². The number of pyridine rings is 1. The molecule has 38 heavy (non-hydrogen) atoms. The number of imidazole rings is 1. The predicted molar refractivity (Wildman–Crippen MR) is 141 cm³/mol. The topological polar surface area (TPSA) is 112 Å². The molecule has 0 aliphatic carbocycles. The fourth-order valence-electron chi connectivity index (χ4n) is 3.97. The van der Waals surface area contributed by atoms with Gasteiger partial charge in [0.05, 0.1) is 29.4 Å². The van der Waals surface area contributed by atoms with Crippen molar-refractivity contribution in [1.82, 2.24) is 20.3 Å². The quantitative estimate of drug-likeness (QED) is 0.257. The van der Waals surface area contributed by atoms with E-state index >= 15 is 0 Å². The first-order valence-electron chi connectivity index (χ1n) is 11.7. The van der Waals surface area contributed by atoms with Crippen LogP contribution in [0.25, 0.3) is 17.7 Å². The van der Waals surface area contributed by atoms with Gasteiger partial charge in [-0.05, 0) is 47.5 Å². The largest absolute Gasteiger partial charge is 0.366 e. The van der Waals surface area contributed by atoms with Gasteiger partial charge in [-0.2, -0.15) is 0 Å². The van der Waals surface area contributed by atoms with Crippen molar-refractivity contribution in [3.05, 3.63) is 113 Å². The van der Waals surface area contributed by atoms with Crippen molar-refractivity contribution >= 4 is 41.0 Å². The van der Waals surface area contributed by atoms with Crippen molar-refractivity contribution in [2.24, 2.45) is 0 Å². The summed E-state index contributed by atoms with van der Waals surface area (Å²) in [6.45, 7) is 0.423. The van der Waals surface area contributed by atoms with E-state index in [1.807, 2.05) is 30.4 Å². The van der Waals surface area contributed by atoms with Crippen LogP contribution in [0.5, 0.6) is 0 Å². The van der Waals surface area contributed by atoms with Gasteiger partial charge in [-0.15, -0.1) is 0 Å². The van der Waals surface area contributed by atoms with Gasteiger partial charge in [-0.25, -0.2) is 18.7 Å². The molecule has 1 aliphatic rings. The standard InChI is InChI=1S/C28H22F2N6O2/c29-23-8-6-18(11-24(23)30)14-34-27(37)21-4-2-10-33-26(21)32-9-1-3-17-5-7-20-22(13-19-15-31-16-35-19)28(38)36-25(20)12-17/h1-8,10-13,15-16H,9,14H2,(H,31,35)(H,32,33)(H,34,37)(H,36,38). The third kappa shape index (κ3) is 5.49.